The Morgan fingerprint density at radius 1 is 1.09 bits per heavy atom. The molecular formula is C7H13N3O. The lowest BCUT2D eigenvalue weighted by atomic mass is 9.90. The zero-order valence-electron chi connectivity index (χ0n) is 6.39. The normalized spacial score (nSPS) is 45.8. The molecule has 3 rings (SSSR count). The van der Waals surface area contributed by atoms with Gasteiger partial charge in [0, 0.05) is 12.1 Å². The van der Waals surface area contributed by atoms with Gasteiger partial charge in [0.05, 0.1) is 18.9 Å². The molecule has 1 spiro atoms. The highest BCUT2D eigenvalue weighted by Crippen LogP contribution is 2.30. The van der Waals surface area contributed by atoms with Crippen molar-refractivity contribution in [1.29, 1.82) is 0 Å². The Hall–Kier alpha value is -0.160. The van der Waals surface area contributed by atoms with E-state index >= 15 is 0 Å². The molecule has 3 aliphatic heterocycles. The third-order valence-corrected chi connectivity index (χ3v) is 2.78. The van der Waals surface area contributed by atoms with Crippen LogP contribution in [0.5, 0.6) is 0 Å². The first-order valence-corrected chi connectivity index (χ1v) is 4.24. The van der Waals surface area contributed by atoms with E-state index in [0.717, 1.165) is 26.1 Å². The Labute approximate surface area is 65.6 Å². The molecule has 3 fully saturated rings. The Balaban J connectivity index is 1.78. The van der Waals surface area contributed by atoms with Gasteiger partial charge in [-0.15, -0.1) is 0 Å². The second kappa shape index (κ2) is 1.95. The van der Waals surface area contributed by atoms with Gasteiger partial charge >= 0.3 is 0 Å². The average Bonchev–Trinajstić information content (AvgIpc) is 2.68. The summed E-state index contributed by atoms with van der Waals surface area (Å²) < 4.78 is 5.44. The van der Waals surface area contributed by atoms with Crippen LogP contribution in [0.2, 0.25) is 0 Å². The summed E-state index contributed by atoms with van der Waals surface area (Å²) >= 11 is 0. The lowest BCUT2D eigenvalue weighted by Gasteiger charge is -2.38. The first kappa shape index (κ1) is 6.37. The van der Waals surface area contributed by atoms with Crippen molar-refractivity contribution in [3.63, 3.8) is 0 Å². The molecule has 4 heteroatoms. The van der Waals surface area contributed by atoms with Gasteiger partial charge in [-0.2, -0.15) is 0 Å². The van der Waals surface area contributed by atoms with Crippen molar-refractivity contribution in [2.24, 2.45) is 0 Å². The molecule has 3 saturated heterocycles. The fourth-order valence-electron chi connectivity index (χ4n) is 2.23. The van der Waals surface area contributed by atoms with Gasteiger partial charge in [0.15, 0.2) is 0 Å². The van der Waals surface area contributed by atoms with Crippen LogP contribution >= 0.6 is 0 Å². The minimum atomic E-state index is 0.282. The lowest BCUT2D eigenvalue weighted by molar-refractivity contribution is 0.0131. The Morgan fingerprint density at radius 3 is 2.27 bits per heavy atom. The molecule has 0 amide bonds. The van der Waals surface area contributed by atoms with E-state index in [2.05, 4.69) is 16.2 Å². The van der Waals surface area contributed by atoms with Crippen LogP contribution in [0.15, 0.2) is 0 Å². The minimum absolute atomic E-state index is 0.282. The number of piperidine rings is 1. The molecular weight excluding hydrogens is 142 g/mol. The maximum atomic E-state index is 5.44. The van der Waals surface area contributed by atoms with Crippen LogP contribution in [0, 0.1) is 0 Å². The van der Waals surface area contributed by atoms with E-state index in [-0.39, 0.29) is 5.66 Å². The number of nitrogens with one attached hydrogen (secondary N) is 3. The largest absolute Gasteiger partial charge is 0.378 e. The maximum absolute atomic E-state index is 5.44. The predicted octanol–water partition coefficient (Wildman–Crippen LogP) is -1.06. The quantitative estimate of drug-likeness (QED) is 0.390. The van der Waals surface area contributed by atoms with E-state index in [9.17, 15) is 0 Å². The minimum Gasteiger partial charge on any atom is -0.378 e. The van der Waals surface area contributed by atoms with Crippen LogP contribution in [0.1, 0.15) is 12.8 Å². The van der Waals surface area contributed by atoms with Crippen LogP contribution in [0.3, 0.4) is 0 Å². The van der Waals surface area contributed by atoms with Crippen molar-refractivity contribution < 1.29 is 4.74 Å². The molecule has 0 saturated carbocycles. The monoisotopic (exact) mass is 155 g/mol. The number of ether oxygens (including phenoxy) is 1. The summed E-state index contributed by atoms with van der Waals surface area (Å²) in [7, 11) is 0. The summed E-state index contributed by atoms with van der Waals surface area (Å²) in [6, 6.07) is 1.12. The number of hydrazine groups is 1. The molecule has 4 nitrogen and oxygen atoms in total. The van der Waals surface area contributed by atoms with Crippen LogP contribution in [0.25, 0.3) is 0 Å². The number of hydrogen-bond donors (Lipinski definition) is 3. The predicted molar refractivity (Wildman–Crippen MR) is 39.8 cm³/mol. The molecule has 0 aliphatic carbocycles. The van der Waals surface area contributed by atoms with Gasteiger partial charge in [-0.3, -0.25) is 0 Å². The molecule has 11 heavy (non-hydrogen) atoms. The fourth-order valence-corrected chi connectivity index (χ4v) is 2.23. The standard InChI is InChI=1S/C7H13N3O/c1-5-3-11-4-6(8-5)2-7(1)9-10-7/h5-6,8-10H,1-4H2. The molecule has 0 aromatic heterocycles. The van der Waals surface area contributed by atoms with Gasteiger partial charge in [0.2, 0.25) is 0 Å². The molecule has 3 N–H and O–H groups in total. The van der Waals surface area contributed by atoms with Crippen LogP contribution in [-0.4, -0.2) is 31.0 Å². The van der Waals surface area contributed by atoms with Crippen molar-refractivity contribution in [1.82, 2.24) is 16.2 Å². The molecule has 0 aromatic rings. The summed E-state index contributed by atoms with van der Waals surface area (Å²) in [5.74, 6) is 0. The number of fused-ring (bicyclic) bond motifs is 2. The first-order valence-electron chi connectivity index (χ1n) is 4.24. The maximum Gasteiger partial charge on any atom is 0.0974 e. The molecule has 2 atom stereocenters. The van der Waals surface area contributed by atoms with E-state index in [1.807, 2.05) is 0 Å². The highest BCUT2D eigenvalue weighted by molar-refractivity contribution is 5.05. The summed E-state index contributed by atoms with van der Waals surface area (Å²) in [6.07, 6.45) is 2.31. The summed E-state index contributed by atoms with van der Waals surface area (Å²) in [5.41, 5.74) is 6.75. The van der Waals surface area contributed by atoms with E-state index < -0.39 is 0 Å². The van der Waals surface area contributed by atoms with E-state index in [1.165, 1.54) is 0 Å². The van der Waals surface area contributed by atoms with Gasteiger partial charge in [0.25, 0.3) is 0 Å². The van der Waals surface area contributed by atoms with Gasteiger partial charge < -0.3 is 10.1 Å². The Bertz CT molecular complexity index is 167. The van der Waals surface area contributed by atoms with Crippen molar-refractivity contribution in [3.8, 4) is 0 Å². The summed E-state index contributed by atoms with van der Waals surface area (Å²) in [6.45, 7) is 1.75. The fraction of sp³-hybridized carbons (Fsp3) is 1.00. The number of hydrogen-bond acceptors (Lipinski definition) is 4. The van der Waals surface area contributed by atoms with Crippen molar-refractivity contribution >= 4 is 0 Å². The SMILES string of the molecule is C1OCC2CC3(CC1N2)NN3. The molecule has 0 aromatic carbocycles. The molecule has 0 radical (unpaired) electrons. The average molecular weight is 155 g/mol. The molecule has 2 unspecified atom stereocenters. The molecule has 2 bridgehead atoms. The molecule has 3 heterocycles. The second-order valence-corrected chi connectivity index (χ2v) is 3.84. The highest BCUT2D eigenvalue weighted by atomic mass is 16.5. The number of rotatable bonds is 0. The van der Waals surface area contributed by atoms with Crippen LogP contribution in [0.4, 0.5) is 0 Å². The molecule has 3 aliphatic rings. The summed E-state index contributed by atoms with van der Waals surface area (Å²) in [4.78, 5) is 0. The van der Waals surface area contributed by atoms with Crippen LogP contribution in [-0.2, 0) is 4.74 Å². The van der Waals surface area contributed by atoms with Crippen LogP contribution < -0.4 is 16.2 Å². The van der Waals surface area contributed by atoms with Gasteiger partial charge in [-0.05, 0) is 12.8 Å². The van der Waals surface area contributed by atoms with Crippen molar-refractivity contribution in [2.45, 2.75) is 30.6 Å². The van der Waals surface area contributed by atoms with Gasteiger partial charge in [-0.1, -0.05) is 0 Å². The van der Waals surface area contributed by atoms with Crippen molar-refractivity contribution in [3.05, 3.63) is 0 Å². The summed E-state index contributed by atoms with van der Waals surface area (Å²) in [5, 5.41) is 3.54. The molecule has 62 valence electrons. The number of morpholine rings is 1. The second-order valence-electron chi connectivity index (χ2n) is 3.84. The third kappa shape index (κ3) is 0.980. The van der Waals surface area contributed by atoms with Gasteiger partial charge in [-0.25, -0.2) is 10.9 Å². The van der Waals surface area contributed by atoms with E-state index in [4.69, 9.17) is 4.74 Å². The topological polar surface area (TPSA) is 65.1 Å². The van der Waals surface area contributed by atoms with Crippen molar-refractivity contribution in [2.75, 3.05) is 13.2 Å². The zero-order chi connectivity index (χ0) is 7.31. The smallest absolute Gasteiger partial charge is 0.0974 e. The lowest BCUT2D eigenvalue weighted by Crippen LogP contribution is -2.57. The third-order valence-electron chi connectivity index (χ3n) is 2.78. The van der Waals surface area contributed by atoms with E-state index in [0.29, 0.717) is 12.1 Å². The zero-order valence-corrected chi connectivity index (χ0v) is 6.39. The Kier molecular flexibility index (Phi) is 1.13. The first-order chi connectivity index (χ1) is 5.36. The Morgan fingerprint density at radius 2 is 1.73 bits per heavy atom. The van der Waals surface area contributed by atoms with Gasteiger partial charge in [0.1, 0.15) is 0 Å². The van der Waals surface area contributed by atoms with E-state index in [1.54, 1.807) is 0 Å². The highest BCUT2D eigenvalue weighted by Gasteiger charge is 2.49.